The van der Waals surface area contributed by atoms with Crippen molar-refractivity contribution < 1.29 is 14.7 Å². The molecule has 0 saturated heterocycles. The van der Waals surface area contributed by atoms with Crippen LogP contribution in [0.4, 0.5) is 11.5 Å². The monoisotopic (exact) mass is 445 g/mol. The van der Waals surface area contributed by atoms with Gasteiger partial charge in [-0.1, -0.05) is 12.1 Å². The maximum absolute atomic E-state index is 12.4. The van der Waals surface area contributed by atoms with E-state index < -0.39 is 0 Å². The quantitative estimate of drug-likeness (QED) is 0.538. The van der Waals surface area contributed by atoms with Crippen molar-refractivity contribution in [3.05, 3.63) is 72.1 Å². The summed E-state index contributed by atoms with van der Waals surface area (Å²) < 4.78 is 0. The maximum Gasteiger partial charge on any atom is 0.252 e. The predicted octanol–water partition coefficient (Wildman–Crippen LogP) is 3.16. The fourth-order valence-corrected chi connectivity index (χ4v) is 4.24. The molecule has 3 heterocycles. The number of amides is 2. The molecule has 8 heteroatoms. The molecule has 8 nitrogen and oxygen atoms in total. The van der Waals surface area contributed by atoms with Crippen molar-refractivity contribution in [3.63, 3.8) is 0 Å². The number of rotatable bonds is 6. The van der Waals surface area contributed by atoms with Crippen LogP contribution in [0.2, 0.25) is 0 Å². The van der Waals surface area contributed by atoms with Crippen molar-refractivity contribution in [2.45, 2.75) is 32.4 Å². The number of hydrogen-bond donors (Lipinski definition) is 3. The van der Waals surface area contributed by atoms with Crippen LogP contribution in [0.1, 0.15) is 42.2 Å². The molecule has 0 spiro atoms. The van der Waals surface area contributed by atoms with Crippen LogP contribution in [0, 0.1) is 0 Å². The van der Waals surface area contributed by atoms with Crippen LogP contribution in [0.3, 0.4) is 0 Å². The minimum absolute atomic E-state index is 0.00385. The van der Waals surface area contributed by atoms with E-state index in [-0.39, 0.29) is 37.0 Å². The lowest BCUT2D eigenvalue weighted by Gasteiger charge is -2.39. The van der Waals surface area contributed by atoms with E-state index in [9.17, 15) is 9.59 Å². The lowest BCUT2D eigenvalue weighted by atomic mass is 9.89. The number of benzene rings is 1. The SMILES string of the molecule is CC(=O)N1c2ccc(-c3ccc(C(=O)NCCO)cn3)cc2[C@H](Nc2ccccn2)C[C@@H]1C. The first kappa shape index (κ1) is 22.4. The Hall–Kier alpha value is -3.78. The van der Waals surface area contributed by atoms with E-state index in [4.69, 9.17) is 5.11 Å². The summed E-state index contributed by atoms with van der Waals surface area (Å²) in [5, 5.41) is 15.0. The molecule has 1 aromatic carbocycles. The zero-order chi connectivity index (χ0) is 23.4. The first-order valence-electron chi connectivity index (χ1n) is 10.9. The molecule has 3 N–H and O–H groups in total. The van der Waals surface area contributed by atoms with Gasteiger partial charge in [0.2, 0.25) is 5.91 Å². The summed E-state index contributed by atoms with van der Waals surface area (Å²) in [5.74, 6) is 0.502. The number of carbonyl (C=O) groups excluding carboxylic acids is 2. The van der Waals surface area contributed by atoms with E-state index in [0.717, 1.165) is 34.7 Å². The summed E-state index contributed by atoms with van der Waals surface area (Å²) in [5.41, 5.74) is 3.91. The number of nitrogens with one attached hydrogen (secondary N) is 2. The van der Waals surface area contributed by atoms with E-state index in [2.05, 4.69) is 20.6 Å². The second kappa shape index (κ2) is 9.79. The minimum atomic E-state index is -0.278. The second-order valence-electron chi connectivity index (χ2n) is 8.07. The summed E-state index contributed by atoms with van der Waals surface area (Å²) in [6.07, 6.45) is 4.01. The van der Waals surface area contributed by atoms with E-state index in [0.29, 0.717) is 5.56 Å². The molecule has 4 rings (SSSR count). The average molecular weight is 446 g/mol. The fourth-order valence-electron chi connectivity index (χ4n) is 4.24. The number of aromatic nitrogens is 2. The molecule has 2 atom stereocenters. The highest BCUT2D eigenvalue weighted by atomic mass is 16.3. The predicted molar refractivity (Wildman–Crippen MR) is 127 cm³/mol. The molecule has 0 aliphatic carbocycles. The number of pyridine rings is 2. The fraction of sp³-hybridized carbons (Fsp3) is 0.280. The highest BCUT2D eigenvalue weighted by molar-refractivity contribution is 5.95. The third-order valence-corrected chi connectivity index (χ3v) is 5.73. The van der Waals surface area contributed by atoms with Gasteiger partial charge >= 0.3 is 0 Å². The molecular weight excluding hydrogens is 418 g/mol. The van der Waals surface area contributed by atoms with Crippen LogP contribution in [-0.4, -0.2) is 46.1 Å². The minimum Gasteiger partial charge on any atom is -0.395 e. The molecule has 0 bridgehead atoms. The smallest absolute Gasteiger partial charge is 0.252 e. The van der Waals surface area contributed by atoms with Gasteiger partial charge in [0, 0.05) is 43.2 Å². The van der Waals surface area contributed by atoms with Crippen LogP contribution in [0.15, 0.2) is 60.9 Å². The lowest BCUT2D eigenvalue weighted by molar-refractivity contribution is -0.117. The van der Waals surface area contributed by atoms with Crippen molar-refractivity contribution in [3.8, 4) is 11.3 Å². The summed E-state index contributed by atoms with van der Waals surface area (Å²) >= 11 is 0. The topological polar surface area (TPSA) is 107 Å². The van der Waals surface area contributed by atoms with Crippen molar-refractivity contribution >= 4 is 23.3 Å². The maximum atomic E-state index is 12.4. The van der Waals surface area contributed by atoms with E-state index in [1.54, 1.807) is 25.3 Å². The first-order chi connectivity index (χ1) is 16.0. The summed E-state index contributed by atoms with van der Waals surface area (Å²) in [6.45, 7) is 3.72. The normalized spacial score (nSPS) is 17.2. The summed E-state index contributed by atoms with van der Waals surface area (Å²) in [6, 6.07) is 15.2. The average Bonchev–Trinajstić information content (AvgIpc) is 2.83. The number of anilines is 2. The third-order valence-electron chi connectivity index (χ3n) is 5.73. The van der Waals surface area contributed by atoms with Crippen LogP contribution < -0.4 is 15.5 Å². The van der Waals surface area contributed by atoms with Gasteiger partial charge in [0.05, 0.1) is 23.9 Å². The number of aliphatic hydroxyl groups excluding tert-OH is 1. The third kappa shape index (κ3) is 4.85. The van der Waals surface area contributed by atoms with Gasteiger partial charge in [-0.25, -0.2) is 4.98 Å². The molecule has 170 valence electrons. The number of hydrogen-bond acceptors (Lipinski definition) is 6. The largest absolute Gasteiger partial charge is 0.395 e. The summed E-state index contributed by atoms with van der Waals surface area (Å²) in [7, 11) is 0. The van der Waals surface area contributed by atoms with Gasteiger partial charge in [0.1, 0.15) is 5.82 Å². The van der Waals surface area contributed by atoms with Crippen molar-refractivity contribution in [1.82, 2.24) is 15.3 Å². The van der Waals surface area contributed by atoms with Gasteiger partial charge in [-0.15, -0.1) is 0 Å². The van der Waals surface area contributed by atoms with Crippen molar-refractivity contribution in [2.75, 3.05) is 23.4 Å². The Labute approximate surface area is 192 Å². The molecule has 0 unspecified atom stereocenters. The van der Waals surface area contributed by atoms with Crippen LogP contribution in [-0.2, 0) is 4.79 Å². The molecule has 33 heavy (non-hydrogen) atoms. The molecule has 0 saturated carbocycles. The Bertz CT molecular complexity index is 1130. The Kier molecular flexibility index (Phi) is 6.65. The van der Waals surface area contributed by atoms with E-state index >= 15 is 0 Å². The lowest BCUT2D eigenvalue weighted by Crippen LogP contribution is -2.43. The molecule has 0 radical (unpaired) electrons. The molecular formula is C25H27N5O3. The second-order valence-corrected chi connectivity index (χ2v) is 8.07. The van der Waals surface area contributed by atoms with Crippen LogP contribution >= 0.6 is 0 Å². The standard InChI is InChI=1S/C25H27N5O3/c1-16-13-22(29-24-5-3-4-10-26-24)20-14-18(7-9-23(20)30(16)17(2)32)21-8-6-19(15-28-21)25(33)27-11-12-31/h3-10,14-16,22,31H,11-13H2,1-2H3,(H,26,29)(H,27,33)/t16-,22+/m0/s1. The summed E-state index contributed by atoms with van der Waals surface area (Å²) in [4.78, 5) is 35.2. The van der Waals surface area contributed by atoms with E-state index in [1.165, 1.54) is 6.20 Å². The van der Waals surface area contributed by atoms with Gasteiger partial charge < -0.3 is 20.6 Å². The zero-order valence-electron chi connectivity index (χ0n) is 18.7. The Morgan fingerprint density at radius 2 is 2.00 bits per heavy atom. The number of fused-ring (bicyclic) bond motifs is 1. The zero-order valence-corrected chi connectivity index (χ0v) is 18.7. The highest BCUT2D eigenvalue weighted by Gasteiger charge is 2.32. The van der Waals surface area contributed by atoms with Gasteiger partial charge in [0.15, 0.2) is 0 Å². The molecule has 1 aliphatic heterocycles. The number of aliphatic hydroxyl groups is 1. The van der Waals surface area contributed by atoms with E-state index in [1.807, 2.05) is 48.2 Å². The van der Waals surface area contributed by atoms with Crippen LogP contribution in [0.5, 0.6) is 0 Å². The highest BCUT2D eigenvalue weighted by Crippen LogP contribution is 2.40. The van der Waals surface area contributed by atoms with Gasteiger partial charge in [-0.3, -0.25) is 14.6 Å². The van der Waals surface area contributed by atoms with Gasteiger partial charge in [0.25, 0.3) is 5.91 Å². The Morgan fingerprint density at radius 3 is 2.67 bits per heavy atom. The Morgan fingerprint density at radius 1 is 1.15 bits per heavy atom. The van der Waals surface area contributed by atoms with Crippen molar-refractivity contribution in [2.24, 2.45) is 0 Å². The number of nitrogens with zero attached hydrogens (tertiary/aromatic N) is 3. The first-order valence-corrected chi connectivity index (χ1v) is 10.9. The molecule has 2 amide bonds. The molecule has 3 aromatic rings. The number of carbonyl (C=O) groups is 2. The Balaban J connectivity index is 1.68. The van der Waals surface area contributed by atoms with Gasteiger partial charge in [-0.2, -0.15) is 0 Å². The van der Waals surface area contributed by atoms with Crippen molar-refractivity contribution in [1.29, 1.82) is 0 Å². The molecule has 2 aromatic heterocycles. The molecule has 1 aliphatic rings. The van der Waals surface area contributed by atoms with Crippen LogP contribution in [0.25, 0.3) is 11.3 Å². The van der Waals surface area contributed by atoms with Gasteiger partial charge in [-0.05, 0) is 55.3 Å². The molecule has 0 fully saturated rings.